The number of aromatic nitrogens is 5. The molecule has 166 valence electrons. The Morgan fingerprint density at radius 3 is 2.36 bits per heavy atom. The fraction of sp³-hybridized carbons (Fsp3) is 0.130. The van der Waals surface area contributed by atoms with Crippen molar-refractivity contribution < 1.29 is 13.2 Å². The maximum Gasteiger partial charge on any atom is 0.416 e. The molecule has 0 saturated carbocycles. The summed E-state index contributed by atoms with van der Waals surface area (Å²) in [6.45, 7) is 1.87. The van der Waals surface area contributed by atoms with Gasteiger partial charge in [0.2, 0.25) is 0 Å². The van der Waals surface area contributed by atoms with Crippen molar-refractivity contribution in [3.8, 4) is 16.4 Å². The Balaban J connectivity index is 1.52. The molecule has 0 saturated heterocycles. The van der Waals surface area contributed by atoms with Gasteiger partial charge in [-0.2, -0.15) is 13.2 Å². The second kappa shape index (κ2) is 8.60. The Labute approximate surface area is 195 Å². The molecule has 5 aromatic rings. The van der Waals surface area contributed by atoms with E-state index in [4.69, 9.17) is 0 Å². The summed E-state index contributed by atoms with van der Waals surface area (Å²) in [6.07, 6.45) is -4.35. The SMILES string of the molecule is Cc1nnsc1-c1nnc(SCc2ccc(C(F)(F)F)cc2)n1-c1ccc2ccccc2c1. The summed E-state index contributed by atoms with van der Waals surface area (Å²) in [5.74, 6) is 1.08. The van der Waals surface area contributed by atoms with Gasteiger partial charge in [0.15, 0.2) is 11.0 Å². The highest BCUT2D eigenvalue weighted by molar-refractivity contribution is 7.98. The molecule has 0 radical (unpaired) electrons. The number of thioether (sulfide) groups is 1. The number of fused-ring (bicyclic) bond motifs is 1. The first kappa shape index (κ1) is 21.6. The van der Waals surface area contributed by atoms with Gasteiger partial charge in [0.1, 0.15) is 4.88 Å². The molecular weight excluding hydrogens is 467 g/mol. The molecule has 0 amide bonds. The van der Waals surface area contributed by atoms with E-state index in [0.717, 1.165) is 44.7 Å². The lowest BCUT2D eigenvalue weighted by atomic mass is 10.1. The summed E-state index contributed by atoms with van der Waals surface area (Å²) in [6, 6.07) is 19.3. The van der Waals surface area contributed by atoms with E-state index in [0.29, 0.717) is 16.7 Å². The minimum Gasteiger partial charge on any atom is -0.269 e. The Bertz CT molecular complexity index is 1420. The van der Waals surface area contributed by atoms with Gasteiger partial charge in [0, 0.05) is 5.75 Å². The van der Waals surface area contributed by atoms with Crippen LogP contribution >= 0.6 is 23.3 Å². The fourth-order valence-electron chi connectivity index (χ4n) is 3.43. The topological polar surface area (TPSA) is 56.5 Å². The zero-order valence-corrected chi connectivity index (χ0v) is 18.9. The van der Waals surface area contributed by atoms with Crippen LogP contribution in [0.25, 0.3) is 27.2 Å². The number of hydrogen-bond acceptors (Lipinski definition) is 6. The highest BCUT2D eigenvalue weighted by atomic mass is 32.2. The largest absolute Gasteiger partial charge is 0.416 e. The van der Waals surface area contributed by atoms with Gasteiger partial charge in [-0.25, -0.2) is 0 Å². The van der Waals surface area contributed by atoms with Gasteiger partial charge < -0.3 is 0 Å². The lowest BCUT2D eigenvalue weighted by Gasteiger charge is -2.11. The average molecular weight is 484 g/mol. The molecule has 2 aromatic heterocycles. The molecule has 0 aliphatic carbocycles. The lowest BCUT2D eigenvalue weighted by Crippen LogP contribution is -2.04. The third-order valence-electron chi connectivity index (χ3n) is 5.13. The highest BCUT2D eigenvalue weighted by Crippen LogP contribution is 2.34. The van der Waals surface area contributed by atoms with Gasteiger partial charge in [0.05, 0.1) is 16.9 Å². The number of rotatable bonds is 5. The molecule has 5 rings (SSSR count). The first-order chi connectivity index (χ1) is 15.9. The Morgan fingerprint density at radius 1 is 0.909 bits per heavy atom. The van der Waals surface area contributed by atoms with E-state index in [-0.39, 0.29) is 0 Å². The monoisotopic (exact) mass is 483 g/mol. The number of aryl methyl sites for hydroxylation is 1. The Kier molecular flexibility index (Phi) is 5.63. The van der Waals surface area contributed by atoms with Crippen LogP contribution in [0.3, 0.4) is 0 Å². The zero-order valence-electron chi connectivity index (χ0n) is 17.2. The maximum absolute atomic E-state index is 12.9. The summed E-state index contributed by atoms with van der Waals surface area (Å²) >= 11 is 2.66. The maximum atomic E-state index is 12.9. The number of benzene rings is 3. The summed E-state index contributed by atoms with van der Waals surface area (Å²) in [5.41, 5.74) is 1.74. The molecule has 3 aromatic carbocycles. The van der Waals surface area contributed by atoms with Crippen molar-refractivity contribution in [3.63, 3.8) is 0 Å². The second-order valence-electron chi connectivity index (χ2n) is 7.34. The van der Waals surface area contributed by atoms with Gasteiger partial charge in [0.25, 0.3) is 0 Å². The van der Waals surface area contributed by atoms with E-state index in [1.165, 1.54) is 35.4 Å². The van der Waals surface area contributed by atoms with E-state index >= 15 is 0 Å². The number of hydrogen-bond donors (Lipinski definition) is 0. The quantitative estimate of drug-likeness (QED) is 0.265. The number of nitrogens with zero attached hydrogens (tertiary/aromatic N) is 5. The van der Waals surface area contributed by atoms with Gasteiger partial charge in [-0.15, -0.1) is 15.3 Å². The molecule has 0 bridgehead atoms. The first-order valence-corrected chi connectivity index (χ1v) is 11.7. The van der Waals surface area contributed by atoms with E-state index in [9.17, 15) is 13.2 Å². The predicted octanol–water partition coefficient (Wildman–Crippen LogP) is 6.56. The van der Waals surface area contributed by atoms with Crippen LogP contribution < -0.4 is 0 Å². The van der Waals surface area contributed by atoms with Crippen molar-refractivity contribution >= 4 is 34.1 Å². The lowest BCUT2D eigenvalue weighted by molar-refractivity contribution is -0.137. The summed E-state index contributed by atoms with van der Waals surface area (Å²) in [4.78, 5) is 0.817. The van der Waals surface area contributed by atoms with Crippen LogP contribution in [-0.4, -0.2) is 24.4 Å². The van der Waals surface area contributed by atoms with Crippen molar-refractivity contribution in [1.29, 1.82) is 0 Å². The minimum atomic E-state index is -4.35. The molecule has 10 heteroatoms. The Hall–Kier alpha value is -3.24. The van der Waals surface area contributed by atoms with E-state index in [2.05, 4.69) is 25.9 Å². The molecule has 0 spiro atoms. The molecular formula is C23H16F3N5S2. The molecule has 0 aliphatic rings. The number of halogens is 3. The second-order valence-corrected chi connectivity index (χ2v) is 9.04. The zero-order chi connectivity index (χ0) is 23.0. The van der Waals surface area contributed by atoms with Crippen LogP contribution in [0, 0.1) is 6.92 Å². The van der Waals surface area contributed by atoms with E-state index in [1.807, 2.05) is 47.9 Å². The van der Waals surface area contributed by atoms with Crippen LogP contribution in [0.2, 0.25) is 0 Å². The van der Waals surface area contributed by atoms with Crippen LogP contribution in [0.4, 0.5) is 13.2 Å². The highest BCUT2D eigenvalue weighted by Gasteiger charge is 2.30. The van der Waals surface area contributed by atoms with Crippen molar-refractivity contribution in [3.05, 3.63) is 83.6 Å². The number of alkyl halides is 3. The first-order valence-electron chi connectivity index (χ1n) is 9.93. The van der Waals surface area contributed by atoms with Crippen molar-refractivity contribution in [2.24, 2.45) is 0 Å². The van der Waals surface area contributed by atoms with Crippen molar-refractivity contribution in [2.45, 2.75) is 24.0 Å². The van der Waals surface area contributed by atoms with Crippen LogP contribution in [-0.2, 0) is 11.9 Å². The molecule has 0 atom stereocenters. The minimum absolute atomic E-state index is 0.448. The molecule has 0 N–H and O–H groups in total. The molecule has 5 nitrogen and oxygen atoms in total. The molecule has 0 aliphatic heterocycles. The van der Waals surface area contributed by atoms with Gasteiger partial charge in [-0.1, -0.05) is 58.7 Å². The standard InChI is InChI=1S/C23H16F3N5S2/c1-14-20(33-30-27-14)21-28-29-22(32-13-15-6-9-18(10-7-15)23(24,25)26)31(21)19-11-8-16-4-2-3-5-17(16)12-19/h2-12H,13H2,1H3. The van der Waals surface area contributed by atoms with Crippen molar-refractivity contribution in [2.75, 3.05) is 0 Å². The third kappa shape index (κ3) is 4.36. The molecule has 0 fully saturated rings. The molecule has 0 unspecified atom stereocenters. The van der Waals surface area contributed by atoms with Crippen LogP contribution in [0.15, 0.2) is 71.9 Å². The smallest absolute Gasteiger partial charge is 0.269 e. The van der Waals surface area contributed by atoms with Gasteiger partial charge in [-0.05, 0) is 59.1 Å². The summed E-state index contributed by atoms with van der Waals surface area (Å²) < 4.78 is 44.5. The van der Waals surface area contributed by atoms with Crippen molar-refractivity contribution in [1.82, 2.24) is 24.4 Å². The molecule has 2 heterocycles. The van der Waals surface area contributed by atoms with Crippen LogP contribution in [0.1, 0.15) is 16.8 Å². The fourth-order valence-corrected chi connectivity index (χ4v) is 4.97. The third-order valence-corrected chi connectivity index (χ3v) is 6.95. The average Bonchev–Trinajstić information content (AvgIpc) is 3.42. The normalized spacial score (nSPS) is 11.9. The summed E-state index contributed by atoms with van der Waals surface area (Å²) in [7, 11) is 0. The molecule has 33 heavy (non-hydrogen) atoms. The van der Waals surface area contributed by atoms with E-state index in [1.54, 1.807) is 0 Å². The Morgan fingerprint density at radius 2 is 1.67 bits per heavy atom. The van der Waals surface area contributed by atoms with Crippen LogP contribution in [0.5, 0.6) is 0 Å². The van der Waals surface area contributed by atoms with E-state index < -0.39 is 11.7 Å². The van der Waals surface area contributed by atoms with Gasteiger partial charge in [-0.3, -0.25) is 4.57 Å². The summed E-state index contributed by atoms with van der Waals surface area (Å²) in [5, 5.41) is 15.7. The van der Waals surface area contributed by atoms with Gasteiger partial charge >= 0.3 is 6.18 Å². The predicted molar refractivity (Wildman–Crippen MR) is 124 cm³/mol.